The Morgan fingerprint density at radius 2 is 2.05 bits per heavy atom. The van der Waals surface area contributed by atoms with Crippen LogP contribution >= 0.6 is 27.5 Å². The van der Waals surface area contributed by atoms with Gasteiger partial charge in [-0.15, -0.1) is 0 Å². The van der Waals surface area contributed by atoms with Crippen LogP contribution < -0.4 is 4.65 Å². The third-order valence-electron chi connectivity index (χ3n) is 3.91. The maximum absolute atomic E-state index is 13.3. The standard InChI is InChI=1S/C15H9BrClN2O2/c16-11-2-4-14-13(7-11)18(20)15-6-9-1-3-12(17)5-10(9)8-19(14,15)21/h1-7H,8H2/q+1. The number of rotatable bonds is 0. The lowest BCUT2D eigenvalue weighted by molar-refractivity contribution is -0.410. The highest BCUT2D eigenvalue weighted by Gasteiger charge is 2.54. The Hall–Kier alpha value is -1.53. The summed E-state index contributed by atoms with van der Waals surface area (Å²) in [7, 11) is 0. The van der Waals surface area contributed by atoms with Crippen molar-refractivity contribution in [2.24, 2.45) is 0 Å². The van der Waals surface area contributed by atoms with Crippen molar-refractivity contribution in [2.75, 3.05) is 0 Å². The second-order valence-electron chi connectivity index (χ2n) is 5.17. The highest BCUT2D eigenvalue weighted by Crippen LogP contribution is 2.50. The third-order valence-corrected chi connectivity index (χ3v) is 4.63. The number of hydroxylamine groups is 2. The summed E-state index contributed by atoms with van der Waals surface area (Å²) < 4.78 is 0.735. The van der Waals surface area contributed by atoms with Crippen LogP contribution in [0, 0.1) is 10.1 Å². The lowest BCUT2D eigenvalue weighted by Gasteiger charge is -2.35. The Morgan fingerprint density at radius 1 is 1.24 bits per heavy atom. The summed E-state index contributed by atoms with van der Waals surface area (Å²) in [4.78, 5) is 12.5. The zero-order valence-corrected chi connectivity index (χ0v) is 13.1. The number of fused-ring (bicyclic) bond motifs is 4. The van der Waals surface area contributed by atoms with Crippen molar-refractivity contribution in [2.45, 2.75) is 6.54 Å². The van der Waals surface area contributed by atoms with Gasteiger partial charge in [-0.25, -0.2) is 4.65 Å². The van der Waals surface area contributed by atoms with E-state index in [1.807, 2.05) is 6.07 Å². The Morgan fingerprint density at radius 3 is 2.86 bits per heavy atom. The lowest BCUT2D eigenvalue weighted by atomic mass is 10.0. The molecule has 0 saturated heterocycles. The predicted molar refractivity (Wildman–Crippen MR) is 85.7 cm³/mol. The summed E-state index contributed by atoms with van der Waals surface area (Å²) in [6.45, 7) is 0.176. The molecule has 0 spiro atoms. The van der Waals surface area contributed by atoms with E-state index in [1.54, 1.807) is 36.4 Å². The maximum atomic E-state index is 13.3. The molecule has 2 aliphatic rings. The molecule has 0 fully saturated rings. The van der Waals surface area contributed by atoms with E-state index in [1.165, 1.54) is 0 Å². The molecule has 2 heterocycles. The molecule has 2 aliphatic heterocycles. The van der Waals surface area contributed by atoms with Gasteiger partial charge in [0.25, 0.3) is 0 Å². The van der Waals surface area contributed by atoms with Crippen LogP contribution in [-0.2, 0) is 6.54 Å². The number of hydrogen-bond donors (Lipinski definition) is 0. The summed E-state index contributed by atoms with van der Waals surface area (Å²) in [6.07, 6.45) is 1.66. The Labute approximate surface area is 134 Å². The Bertz CT molecular complexity index is 850. The normalized spacial score (nSPS) is 22.4. The van der Waals surface area contributed by atoms with Gasteiger partial charge in [0, 0.05) is 32.1 Å². The van der Waals surface area contributed by atoms with Gasteiger partial charge in [-0.05, 0) is 23.8 Å². The monoisotopic (exact) mass is 363 g/mol. The number of hydrogen-bond acceptors (Lipinski definition) is 2. The predicted octanol–water partition coefficient (Wildman–Crippen LogP) is 4.84. The lowest BCUT2D eigenvalue weighted by Crippen LogP contribution is -2.41. The minimum atomic E-state index is -0.764. The van der Waals surface area contributed by atoms with Gasteiger partial charge in [-0.2, -0.15) is 0 Å². The topological polar surface area (TPSA) is 43.1 Å². The molecule has 1 atom stereocenters. The minimum absolute atomic E-state index is 0.176. The number of nitroso groups, excluding NO2 is 1. The number of halogens is 2. The van der Waals surface area contributed by atoms with Gasteiger partial charge in [0.2, 0.25) is 5.69 Å². The van der Waals surface area contributed by atoms with Crippen molar-refractivity contribution < 1.29 is 4.76 Å². The zero-order chi connectivity index (χ0) is 14.8. The van der Waals surface area contributed by atoms with E-state index in [0.717, 1.165) is 20.4 Å². The molecule has 0 aliphatic carbocycles. The van der Waals surface area contributed by atoms with Crippen molar-refractivity contribution in [1.82, 2.24) is 4.65 Å². The summed E-state index contributed by atoms with van der Waals surface area (Å²) in [5.41, 5.74) is 2.58. The first-order valence-corrected chi connectivity index (χ1v) is 7.53. The highest BCUT2D eigenvalue weighted by atomic mass is 79.9. The largest absolute Gasteiger partial charge is 0.617 e. The first-order chi connectivity index (χ1) is 9.99. The minimum Gasteiger partial charge on any atom is -0.617 e. The number of nitrogens with zero attached hydrogens (tertiary/aromatic N) is 2. The van der Waals surface area contributed by atoms with Gasteiger partial charge >= 0.3 is 11.5 Å². The van der Waals surface area contributed by atoms with Crippen molar-refractivity contribution in [3.63, 3.8) is 0 Å². The summed E-state index contributed by atoms with van der Waals surface area (Å²) in [5, 5.41) is 13.9. The average Bonchev–Trinajstić information content (AvgIpc) is 2.64. The van der Waals surface area contributed by atoms with Crippen LogP contribution in [0.15, 0.2) is 46.7 Å². The second-order valence-corrected chi connectivity index (χ2v) is 6.52. The fourth-order valence-corrected chi connectivity index (χ4v) is 3.46. The molecule has 1 unspecified atom stereocenters. The fourth-order valence-electron chi connectivity index (χ4n) is 2.92. The van der Waals surface area contributed by atoms with Crippen LogP contribution in [0.3, 0.4) is 0 Å². The third kappa shape index (κ3) is 1.75. The van der Waals surface area contributed by atoms with E-state index in [0.29, 0.717) is 16.4 Å². The van der Waals surface area contributed by atoms with Gasteiger partial charge in [-0.1, -0.05) is 33.6 Å². The quantitative estimate of drug-likeness (QED) is 0.381. The van der Waals surface area contributed by atoms with E-state index in [2.05, 4.69) is 15.9 Å². The van der Waals surface area contributed by atoms with Crippen LogP contribution in [-0.4, -0.2) is 4.76 Å². The molecule has 21 heavy (non-hydrogen) atoms. The van der Waals surface area contributed by atoms with E-state index in [4.69, 9.17) is 11.6 Å². The van der Waals surface area contributed by atoms with Gasteiger partial charge in [0.15, 0.2) is 0 Å². The van der Waals surface area contributed by atoms with E-state index < -0.39 is 4.65 Å². The van der Waals surface area contributed by atoms with E-state index in [9.17, 15) is 10.1 Å². The Kier molecular flexibility index (Phi) is 2.65. The van der Waals surface area contributed by atoms with Crippen molar-refractivity contribution >= 4 is 45.0 Å². The van der Waals surface area contributed by atoms with Crippen molar-refractivity contribution in [3.8, 4) is 0 Å². The summed E-state index contributed by atoms with van der Waals surface area (Å²) >= 11 is 9.34. The summed E-state index contributed by atoms with van der Waals surface area (Å²) in [5.74, 6) is 0.193. The van der Waals surface area contributed by atoms with Crippen molar-refractivity contribution in [1.29, 1.82) is 0 Å². The number of quaternary nitrogens is 1. The molecule has 0 amide bonds. The molecule has 2 aromatic carbocycles. The van der Waals surface area contributed by atoms with Gasteiger partial charge < -0.3 is 5.21 Å². The second kappa shape index (κ2) is 4.24. The first-order valence-electron chi connectivity index (χ1n) is 6.36. The summed E-state index contributed by atoms with van der Waals surface area (Å²) in [6, 6.07) is 10.5. The van der Waals surface area contributed by atoms with Gasteiger partial charge in [0.05, 0.1) is 6.08 Å². The smallest absolute Gasteiger partial charge is 0.429 e. The SMILES string of the molecule is O=[N+]1C2=Cc3ccc(Cl)cc3C[N+]2([O-])c2ccc(Br)cc21. The molecule has 104 valence electrons. The van der Waals surface area contributed by atoms with Crippen LogP contribution in [0.2, 0.25) is 5.02 Å². The van der Waals surface area contributed by atoms with Crippen molar-refractivity contribution in [3.05, 3.63) is 73.0 Å². The molecule has 0 bridgehead atoms. The molecule has 4 nitrogen and oxygen atoms in total. The molecule has 0 radical (unpaired) electrons. The Balaban J connectivity index is 1.98. The van der Waals surface area contributed by atoms with Crippen LogP contribution in [0.5, 0.6) is 0 Å². The molecule has 4 rings (SSSR count). The molecule has 2 aromatic rings. The average molecular weight is 365 g/mol. The van der Waals surface area contributed by atoms with E-state index >= 15 is 0 Å². The van der Waals surface area contributed by atoms with Crippen LogP contribution in [0.25, 0.3) is 6.08 Å². The first kappa shape index (κ1) is 13.2. The van der Waals surface area contributed by atoms with Gasteiger partial charge in [-0.3, -0.25) is 0 Å². The van der Waals surface area contributed by atoms with Gasteiger partial charge in [0.1, 0.15) is 11.3 Å². The van der Waals surface area contributed by atoms with Crippen LogP contribution in [0.1, 0.15) is 11.1 Å². The molecule has 0 saturated carbocycles. The fraction of sp³-hybridized carbons (Fsp3) is 0.0667. The zero-order valence-electron chi connectivity index (χ0n) is 10.7. The molecular formula is C15H9BrClN2O2+. The molecule has 0 aromatic heterocycles. The molecule has 6 heteroatoms. The van der Waals surface area contributed by atoms with Crippen LogP contribution in [0.4, 0.5) is 11.4 Å². The molecular weight excluding hydrogens is 356 g/mol. The highest BCUT2D eigenvalue weighted by molar-refractivity contribution is 9.10. The maximum Gasteiger partial charge on any atom is 0.429 e. The molecule has 0 N–H and O–H groups in total. The number of benzene rings is 2. The van der Waals surface area contributed by atoms with E-state index in [-0.39, 0.29) is 12.4 Å².